The number of rotatable bonds is 7. The van der Waals surface area contributed by atoms with Crippen molar-refractivity contribution >= 4 is 51.4 Å². The van der Waals surface area contributed by atoms with Gasteiger partial charge in [-0.3, -0.25) is 4.79 Å². The fourth-order valence-corrected chi connectivity index (χ4v) is 4.26. The van der Waals surface area contributed by atoms with Crippen LogP contribution in [-0.4, -0.2) is 25.1 Å². The topological polar surface area (TPSA) is 64.6 Å². The summed E-state index contributed by atoms with van der Waals surface area (Å²) < 4.78 is 10.7. The van der Waals surface area contributed by atoms with E-state index in [4.69, 9.17) is 32.7 Å². The molecule has 0 spiro atoms. The predicted octanol–water partition coefficient (Wildman–Crippen LogP) is 6.22. The van der Waals surface area contributed by atoms with E-state index in [1.54, 1.807) is 43.3 Å². The molecule has 0 fully saturated rings. The summed E-state index contributed by atoms with van der Waals surface area (Å²) >= 11 is 13.3. The second-order valence-electron chi connectivity index (χ2n) is 6.23. The molecule has 5 nitrogen and oxygen atoms in total. The Hall–Kier alpha value is -2.54. The Bertz CT molecular complexity index is 1060. The average molecular weight is 464 g/mol. The zero-order valence-electron chi connectivity index (χ0n) is 16.3. The van der Waals surface area contributed by atoms with E-state index in [9.17, 15) is 9.59 Å². The number of esters is 1. The van der Waals surface area contributed by atoms with Crippen LogP contribution in [0.2, 0.25) is 10.0 Å². The zero-order valence-corrected chi connectivity index (χ0v) is 18.7. The Balaban J connectivity index is 1.87. The lowest BCUT2D eigenvalue weighted by Gasteiger charge is -2.10. The molecule has 0 radical (unpaired) electrons. The number of halogens is 2. The summed E-state index contributed by atoms with van der Waals surface area (Å²) in [5, 5.41) is 4.18. The molecule has 0 unspecified atom stereocenters. The third kappa shape index (κ3) is 5.14. The number of carbonyl (C=O) groups excluding carboxylic acids is 2. The number of nitrogens with one attached hydrogen (secondary N) is 1. The Kier molecular flexibility index (Phi) is 7.37. The first-order valence-corrected chi connectivity index (χ1v) is 10.7. The van der Waals surface area contributed by atoms with Crippen molar-refractivity contribution in [3.05, 3.63) is 69.0 Å². The van der Waals surface area contributed by atoms with E-state index >= 15 is 0 Å². The molecule has 1 aromatic heterocycles. The summed E-state index contributed by atoms with van der Waals surface area (Å²) in [7, 11) is 0. The van der Waals surface area contributed by atoms with Gasteiger partial charge < -0.3 is 14.8 Å². The third-order valence-corrected chi connectivity index (χ3v) is 5.73. The van der Waals surface area contributed by atoms with Gasteiger partial charge >= 0.3 is 5.97 Å². The van der Waals surface area contributed by atoms with Crippen molar-refractivity contribution in [1.29, 1.82) is 0 Å². The van der Waals surface area contributed by atoms with Crippen LogP contribution in [0.4, 0.5) is 5.00 Å². The maximum Gasteiger partial charge on any atom is 0.341 e. The summed E-state index contributed by atoms with van der Waals surface area (Å²) in [5.74, 6) is -0.511. The van der Waals surface area contributed by atoms with Crippen molar-refractivity contribution in [3.8, 4) is 16.9 Å². The average Bonchev–Trinajstić information content (AvgIpc) is 3.04. The molecule has 0 aliphatic rings. The number of hydrogen-bond acceptors (Lipinski definition) is 5. The van der Waals surface area contributed by atoms with Crippen LogP contribution in [0.5, 0.6) is 5.75 Å². The van der Waals surface area contributed by atoms with E-state index in [2.05, 4.69) is 5.32 Å². The SMILES string of the molecule is CCOC(=O)c1c(NC(=O)COc2ccccc2Cl)sc(C)c1-c1ccc(Cl)cc1. The van der Waals surface area contributed by atoms with Crippen LogP contribution >= 0.6 is 34.5 Å². The first-order chi connectivity index (χ1) is 14.4. The van der Waals surface area contributed by atoms with Crippen molar-refractivity contribution in [3.63, 3.8) is 0 Å². The first-order valence-electron chi connectivity index (χ1n) is 9.14. The highest BCUT2D eigenvalue weighted by Gasteiger charge is 2.25. The number of anilines is 1. The Morgan fingerprint density at radius 3 is 2.43 bits per heavy atom. The molecule has 0 atom stereocenters. The molecule has 30 heavy (non-hydrogen) atoms. The van der Waals surface area contributed by atoms with Crippen LogP contribution in [-0.2, 0) is 9.53 Å². The lowest BCUT2D eigenvalue weighted by molar-refractivity contribution is -0.118. The molecule has 0 aliphatic carbocycles. The normalized spacial score (nSPS) is 10.5. The van der Waals surface area contributed by atoms with Crippen molar-refractivity contribution in [1.82, 2.24) is 0 Å². The lowest BCUT2D eigenvalue weighted by Crippen LogP contribution is -2.21. The molecule has 1 N–H and O–H groups in total. The molecule has 1 heterocycles. The minimum Gasteiger partial charge on any atom is -0.482 e. The number of benzene rings is 2. The van der Waals surface area contributed by atoms with Crippen LogP contribution in [0.3, 0.4) is 0 Å². The Morgan fingerprint density at radius 1 is 1.07 bits per heavy atom. The number of amides is 1. The maximum atomic E-state index is 12.7. The predicted molar refractivity (Wildman–Crippen MR) is 121 cm³/mol. The maximum absolute atomic E-state index is 12.7. The molecule has 3 rings (SSSR count). The summed E-state index contributed by atoms with van der Waals surface area (Å²) in [4.78, 5) is 26.1. The molecule has 1 amide bonds. The van der Waals surface area contributed by atoms with Gasteiger partial charge in [-0.05, 0) is 43.7 Å². The molecular formula is C22H19Cl2NO4S. The quantitative estimate of drug-likeness (QED) is 0.422. The van der Waals surface area contributed by atoms with Gasteiger partial charge in [0.1, 0.15) is 16.3 Å². The van der Waals surface area contributed by atoms with Gasteiger partial charge in [0.2, 0.25) is 0 Å². The Morgan fingerprint density at radius 2 is 1.77 bits per heavy atom. The van der Waals surface area contributed by atoms with E-state index in [-0.39, 0.29) is 13.2 Å². The van der Waals surface area contributed by atoms with Crippen LogP contribution in [0, 0.1) is 6.92 Å². The molecule has 2 aromatic carbocycles. The van der Waals surface area contributed by atoms with E-state index in [1.165, 1.54) is 11.3 Å². The molecule has 0 bridgehead atoms. The minimum absolute atomic E-state index is 0.219. The van der Waals surface area contributed by atoms with Gasteiger partial charge in [-0.25, -0.2) is 4.79 Å². The van der Waals surface area contributed by atoms with Gasteiger partial charge in [0.25, 0.3) is 5.91 Å². The molecule has 3 aromatic rings. The highest BCUT2D eigenvalue weighted by Crippen LogP contribution is 2.40. The van der Waals surface area contributed by atoms with Crippen molar-refractivity contribution in [2.75, 3.05) is 18.5 Å². The molecular weight excluding hydrogens is 445 g/mol. The summed E-state index contributed by atoms with van der Waals surface area (Å²) in [6, 6.07) is 14.0. The minimum atomic E-state index is -0.505. The second-order valence-corrected chi connectivity index (χ2v) is 8.30. The smallest absolute Gasteiger partial charge is 0.341 e. The number of hydrogen-bond donors (Lipinski definition) is 1. The fraction of sp³-hybridized carbons (Fsp3) is 0.182. The zero-order chi connectivity index (χ0) is 21.7. The second kappa shape index (κ2) is 9.98. The van der Waals surface area contributed by atoms with Gasteiger partial charge in [-0.2, -0.15) is 0 Å². The van der Waals surface area contributed by atoms with Crippen LogP contribution in [0.1, 0.15) is 22.2 Å². The molecule has 156 valence electrons. The van der Waals surface area contributed by atoms with E-state index < -0.39 is 11.9 Å². The molecule has 0 aliphatic heterocycles. The third-order valence-electron chi connectivity index (χ3n) is 4.15. The number of carbonyl (C=O) groups is 2. The monoisotopic (exact) mass is 463 g/mol. The molecule has 8 heteroatoms. The highest BCUT2D eigenvalue weighted by molar-refractivity contribution is 7.17. The first kappa shape index (κ1) is 22.2. The molecule has 0 saturated heterocycles. The van der Waals surface area contributed by atoms with Crippen LogP contribution < -0.4 is 10.1 Å². The largest absolute Gasteiger partial charge is 0.482 e. The van der Waals surface area contributed by atoms with Crippen molar-refractivity contribution in [2.24, 2.45) is 0 Å². The van der Waals surface area contributed by atoms with E-state index in [1.807, 2.05) is 19.1 Å². The van der Waals surface area contributed by atoms with Gasteiger partial charge in [0.15, 0.2) is 6.61 Å². The van der Waals surface area contributed by atoms with Gasteiger partial charge in [0.05, 0.1) is 11.6 Å². The number of aryl methyl sites for hydroxylation is 1. The van der Waals surface area contributed by atoms with Crippen molar-refractivity contribution < 1.29 is 19.1 Å². The molecule has 0 saturated carbocycles. The Labute approximate surface area is 188 Å². The van der Waals surface area contributed by atoms with Crippen LogP contribution in [0.25, 0.3) is 11.1 Å². The number of thiophene rings is 1. The summed E-state index contributed by atoms with van der Waals surface area (Å²) in [5.41, 5.74) is 1.83. The summed E-state index contributed by atoms with van der Waals surface area (Å²) in [6.45, 7) is 3.58. The van der Waals surface area contributed by atoms with Crippen molar-refractivity contribution in [2.45, 2.75) is 13.8 Å². The van der Waals surface area contributed by atoms with E-state index in [0.717, 1.165) is 10.4 Å². The lowest BCUT2D eigenvalue weighted by atomic mass is 10.0. The highest BCUT2D eigenvalue weighted by atomic mass is 35.5. The van der Waals surface area contributed by atoms with Gasteiger partial charge in [0, 0.05) is 15.5 Å². The van der Waals surface area contributed by atoms with Gasteiger partial charge in [-0.15, -0.1) is 11.3 Å². The number of para-hydroxylation sites is 1. The van der Waals surface area contributed by atoms with Crippen LogP contribution in [0.15, 0.2) is 48.5 Å². The van der Waals surface area contributed by atoms with Gasteiger partial charge in [-0.1, -0.05) is 47.5 Å². The number of ether oxygens (including phenoxy) is 2. The van der Waals surface area contributed by atoms with E-state index in [0.29, 0.717) is 31.9 Å². The fourth-order valence-electron chi connectivity index (χ4n) is 2.86. The standard InChI is InChI=1S/C22H19Cl2NO4S/c1-3-28-22(27)20-19(14-8-10-15(23)11-9-14)13(2)30-21(20)25-18(26)12-29-17-7-5-4-6-16(17)24/h4-11H,3,12H2,1-2H3,(H,25,26). The summed E-state index contributed by atoms with van der Waals surface area (Å²) in [6.07, 6.45) is 0.